The number of nitrogens with one attached hydrogen (secondary N) is 1. The maximum atomic E-state index is 13.5. The van der Waals surface area contributed by atoms with E-state index >= 15 is 0 Å². The number of carboxylic acids is 1. The summed E-state index contributed by atoms with van der Waals surface area (Å²) in [7, 11) is 0. The molecule has 4 aromatic carbocycles. The molecule has 0 saturated carbocycles. The minimum absolute atomic E-state index is 0.0952. The third-order valence-electron chi connectivity index (χ3n) is 10.8. The maximum absolute atomic E-state index is 13.5. The molecule has 3 N–H and O–H groups in total. The van der Waals surface area contributed by atoms with Gasteiger partial charge in [-0.1, -0.05) is 59.6 Å². The number of hydroxylamine groups is 1. The number of rotatable bonds is 10. The van der Waals surface area contributed by atoms with E-state index in [0.29, 0.717) is 50.1 Å². The minimum Gasteiger partial charge on any atom is -0.478 e. The average molecular weight is 885 g/mol. The normalized spacial score (nSPS) is 15.9. The van der Waals surface area contributed by atoms with Gasteiger partial charge in [-0.2, -0.15) is 0 Å². The Morgan fingerprint density at radius 3 is 1.41 bits per heavy atom. The van der Waals surface area contributed by atoms with Crippen molar-refractivity contribution >= 4 is 58.5 Å². The summed E-state index contributed by atoms with van der Waals surface area (Å²) in [5, 5.41) is 18.9. The quantitative estimate of drug-likeness (QED) is 0.0951. The predicted octanol–water partition coefficient (Wildman–Crippen LogP) is 7.05. The summed E-state index contributed by atoms with van der Waals surface area (Å²) < 4.78 is 0. The number of benzene rings is 4. The Balaban J connectivity index is 0.000000189. The number of halogens is 2. The van der Waals surface area contributed by atoms with Crippen LogP contribution in [0.1, 0.15) is 75.1 Å². The van der Waals surface area contributed by atoms with E-state index in [1.165, 1.54) is 12.1 Å². The van der Waals surface area contributed by atoms with E-state index in [0.717, 1.165) is 11.1 Å². The Hall–Kier alpha value is -7.06. The van der Waals surface area contributed by atoms with Gasteiger partial charge in [0.25, 0.3) is 17.7 Å². The monoisotopic (exact) mass is 883 g/mol. The first-order chi connectivity index (χ1) is 30.4. The highest BCUT2D eigenvalue weighted by Gasteiger charge is 2.37. The van der Waals surface area contributed by atoms with Crippen LogP contribution in [-0.4, -0.2) is 77.4 Å². The van der Waals surface area contributed by atoms with Crippen molar-refractivity contribution in [1.82, 2.24) is 25.2 Å². The molecule has 13 nitrogen and oxygen atoms in total. The number of Topliss-reactive ketones (excluding diaryl/α,β-unsaturated/α-hetero) is 2. The summed E-state index contributed by atoms with van der Waals surface area (Å²) >= 11 is 12.2. The van der Waals surface area contributed by atoms with Crippen LogP contribution < -0.4 is 5.48 Å². The highest BCUT2D eigenvalue weighted by Crippen LogP contribution is 2.29. The first-order valence-corrected chi connectivity index (χ1v) is 20.5. The van der Waals surface area contributed by atoms with Gasteiger partial charge in [-0.15, -0.1) is 0 Å². The number of ketones is 2. The third-order valence-corrected chi connectivity index (χ3v) is 11.3. The lowest BCUT2D eigenvalue weighted by atomic mass is 9.99. The largest absolute Gasteiger partial charge is 0.478 e. The molecule has 0 radical (unpaired) electrons. The molecule has 0 aliphatic carbocycles. The van der Waals surface area contributed by atoms with Gasteiger partial charge in [0.15, 0.2) is 11.6 Å². The number of fused-ring (bicyclic) bond motifs is 2. The summed E-state index contributed by atoms with van der Waals surface area (Å²) in [5.74, 6) is -2.37. The fourth-order valence-electron chi connectivity index (χ4n) is 7.60. The lowest BCUT2D eigenvalue weighted by Crippen LogP contribution is -2.44. The van der Waals surface area contributed by atoms with E-state index in [9.17, 15) is 28.8 Å². The topological polar surface area (TPSA) is 187 Å². The fraction of sp³-hybridized carbons (Fsp3) is 0.167. The summed E-state index contributed by atoms with van der Waals surface area (Å²) in [4.78, 5) is 88.0. The Morgan fingerprint density at radius 1 is 0.603 bits per heavy atom. The molecular formula is C48H39Cl2N5O8. The van der Waals surface area contributed by atoms with Crippen LogP contribution in [0.3, 0.4) is 0 Å². The van der Waals surface area contributed by atoms with Crippen molar-refractivity contribution in [3.05, 3.63) is 200 Å². The SMILES string of the molecule is O=C(NO)c1ccc(CN2C(=O)c3ccc(Cl)cc3CC(=O)[C@H]2Cc2ccccn2)cc1.O=C(O)c1ccc(CN2C(=O)c3ccc(Cl)cc3CC(=O)[C@H]2Cc2ccccn2)cc1. The molecule has 0 spiro atoms. The third kappa shape index (κ3) is 10.5. The van der Waals surface area contributed by atoms with Crippen LogP contribution in [0, 0.1) is 0 Å². The molecule has 2 aliphatic heterocycles. The van der Waals surface area contributed by atoms with Crippen molar-refractivity contribution in [2.75, 3.05) is 0 Å². The van der Waals surface area contributed by atoms with E-state index in [2.05, 4.69) is 9.97 Å². The van der Waals surface area contributed by atoms with Gasteiger partial charge in [-0.25, -0.2) is 10.3 Å². The molecule has 8 rings (SSSR count). The van der Waals surface area contributed by atoms with Crippen molar-refractivity contribution in [1.29, 1.82) is 0 Å². The zero-order chi connectivity index (χ0) is 44.6. The second-order valence-corrected chi connectivity index (χ2v) is 15.9. The van der Waals surface area contributed by atoms with Crippen molar-refractivity contribution in [3.8, 4) is 0 Å². The van der Waals surface area contributed by atoms with Crippen LogP contribution in [0.15, 0.2) is 134 Å². The lowest BCUT2D eigenvalue weighted by molar-refractivity contribution is -0.123. The number of nitrogens with zero attached hydrogens (tertiary/aromatic N) is 4. The second-order valence-electron chi connectivity index (χ2n) is 15.0. The van der Waals surface area contributed by atoms with Gasteiger partial charge in [0.05, 0.1) is 17.6 Å². The molecule has 0 fully saturated rings. The molecule has 2 atom stereocenters. The Kier molecular flexibility index (Phi) is 13.8. The van der Waals surface area contributed by atoms with Crippen molar-refractivity contribution in [3.63, 3.8) is 0 Å². The van der Waals surface area contributed by atoms with Gasteiger partial charge in [0.1, 0.15) is 0 Å². The van der Waals surface area contributed by atoms with Gasteiger partial charge in [0, 0.05) is 89.3 Å². The number of carboxylic acid groups (broad SMARTS) is 1. The summed E-state index contributed by atoms with van der Waals surface area (Å²) in [6, 6.07) is 32.2. The molecule has 6 aromatic rings. The van der Waals surface area contributed by atoms with Crippen LogP contribution in [-0.2, 0) is 48.4 Å². The van der Waals surface area contributed by atoms with Gasteiger partial charge in [0.2, 0.25) is 0 Å². The molecule has 0 bridgehead atoms. The Morgan fingerprint density at radius 2 is 1.03 bits per heavy atom. The van der Waals surface area contributed by atoms with E-state index in [4.69, 9.17) is 33.5 Å². The van der Waals surface area contributed by atoms with Crippen LogP contribution in [0.2, 0.25) is 10.0 Å². The van der Waals surface area contributed by atoms with Crippen molar-refractivity contribution in [2.24, 2.45) is 0 Å². The molecule has 0 unspecified atom stereocenters. The van der Waals surface area contributed by atoms with Crippen LogP contribution >= 0.6 is 23.2 Å². The number of aromatic carboxylic acids is 1. The Bertz CT molecular complexity index is 2680. The number of aromatic nitrogens is 2. The zero-order valence-corrected chi connectivity index (χ0v) is 35.0. The summed E-state index contributed by atoms with van der Waals surface area (Å²) in [6.45, 7) is 0.342. The van der Waals surface area contributed by atoms with Gasteiger partial charge in [-0.05, 0) is 107 Å². The number of amides is 3. The van der Waals surface area contributed by atoms with Gasteiger partial charge in [-0.3, -0.25) is 39.1 Å². The molecular weight excluding hydrogens is 845 g/mol. The minimum atomic E-state index is -1.02. The van der Waals surface area contributed by atoms with E-state index in [-0.39, 0.29) is 66.9 Å². The number of hydrogen-bond donors (Lipinski definition) is 3. The molecule has 3 amide bonds. The molecule has 2 aliphatic rings. The molecule has 4 heterocycles. The average Bonchev–Trinajstić information content (AvgIpc) is 3.44. The molecule has 15 heteroatoms. The number of carbonyl (C=O) groups excluding carboxylic acids is 5. The van der Waals surface area contributed by atoms with Crippen molar-refractivity contribution in [2.45, 2.75) is 50.9 Å². The first kappa shape index (κ1) is 44.0. The predicted molar refractivity (Wildman–Crippen MR) is 233 cm³/mol. The number of hydrogen-bond acceptors (Lipinski definition) is 9. The maximum Gasteiger partial charge on any atom is 0.335 e. The van der Waals surface area contributed by atoms with Gasteiger partial charge >= 0.3 is 5.97 Å². The second kappa shape index (κ2) is 19.8. The molecule has 318 valence electrons. The molecule has 0 saturated heterocycles. The van der Waals surface area contributed by atoms with E-state index in [1.807, 2.05) is 24.3 Å². The Labute approximate surface area is 371 Å². The van der Waals surface area contributed by atoms with Crippen LogP contribution in [0.25, 0.3) is 0 Å². The van der Waals surface area contributed by atoms with Crippen LogP contribution in [0.5, 0.6) is 0 Å². The standard InChI is InChI=1S/C24H20ClN3O4.C24H19ClN2O4/c25-18-8-9-20-17(11-18)12-22(29)21(13-19-3-1-2-10-26-19)28(24(20)31)14-15-4-6-16(7-5-15)23(30)27-32;25-18-8-9-20-17(11-18)12-22(28)21(13-19-3-1-2-10-26-19)27(23(20)29)14-15-4-6-16(7-5-15)24(30)31/h1-11,21,32H,12-14H2,(H,27,30);1-11,21H,12-14H2,(H,30,31)/t2*21-/m11/s1. The van der Waals surface area contributed by atoms with E-state index < -0.39 is 24.0 Å². The summed E-state index contributed by atoms with van der Waals surface area (Å²) in [5.41, 5.74) is 7.03. The zero-order valence-electron chi connectivity index (χ0n) is 33.5. The highest BCUT2D eigenvalue weighted by molar-refractivity contribution is 6.31. The molecule has 63 heavy (non-hydrogen) atoms. The molecule has 2 aromatic heterocycles. The van der Waals surface area contributed by atoms with E-state index in [1.54, 1.807) is 113 Å². The van der Waals surface area contributed by atoms with Gasteiger partial charge < -0.3 is 14.9 Å². The highest BCUT2D eigenvalue weighted by atomic mass is 35.5. The fourth-order valence-corrected chi connectivity index (χ4v) is 7.99. The number of carbonyl (C=O) groups is 6. The van der Waals surface area contributed by atoms with Crippen molar-refractivity contribution < 1.29 is 39.1 Å². The summed E-state index contributed by atoms with van der Waals surface area (Å²) in [6.07, 6.45) is 4.10. The lowest BCUT2D eigenvalue weighted by Gasteiger charge is -2.29. The smallest absolute Gasteiger partial charge is 0.335 e. The first-order valence-electron chi connectivity index (χ1n) is 19.8. The number of pyridine rings is 2. The van der Waals surface area contributed by atoms with Crippen LogP contribution in [0.4, 0.5) is 0 Å².